The maximum Gasteiger partial charge on any atom is 0.317 e. The van der Waals surface area contributed by atoms with E-state index in [0.717, 1.165) is 25.1 Å². The number of nitrogens with two attached hydrogens (primary N) is 1. The Morgan fingerprint density at radius 2 is 2.04 bits per heavy atom. The molecule has 0 spiro atoms. The minimum atomic E-state index is -0.398. The second-order valence-corrected chi connectivity index (χ2v) is 7.08. The van der Waals surface area contributed by atoms with Crippen LogP contribution in [0.15, 0.2) is 30.3 Å². The molecule has 0 aliphatic carbocycles. The van der Waals surface area contributed by atoms with Gasteiger partial charge in [-0.05, 0) is 31.0 Å². The van der Waals surface area contributed by atoms with Crippen LogP contribution in [0, 0.1) is 5.41 Å². The molecule has 0 bridgehead atoms. The predicted octanol–water partition coefficient (Wildman–Crippen LogP) is 1.42. The number of amides is 3. The number of likely N-dealkylation sites (tertiary alicyclic amines) is 1. The fourth-order valence-corrected chi connectivity index (χ4v) is 3.12. The number of rotatable bonds is 7. The Morgan fingerprint density at radius 3 is 2.62 bits per heavy atom. The molecule has 1 aliphatic rings. The van der Waals surface area contributed by atoms with E-state index in [4.69, 9.17) is 5.73 Å². The molecule has 24 heavy (non-hydrogen) atoms. The van der Waals surface area contributed by atoms with Crippen molar-refractivity contribution in [2.24, 2.45) is 11.1 Å². The van der Waals surface area contributed by atoms with Crippen molar-refractivity contribution in [2.75, 3.05) is 33.2 Å². The zero-order valence-electron chi connectivity index (χ0n) is 14.6. The van der Waals surface area contributed by atoms with E-state index in [1.54, 1.807) is 4.90 Å². The van der Waals surface area contributed by atoms with Crippen molar-refractivity contribution >= 4 is 11.9 Å². The van der Waals surface area contributed by atoms with Gasteiger partial charge in [-0.3, -0.25) is 4.79 Å². The molecule has 0 radical (unpaired) electrons. The van der Waals surface area contributed by atoms with Gasteiger partial charge in [-0.1, -0.05) is 37.3 Å². The van der Waals surface area contributed by atoms with E-state index in [0.29, 0.717) is 19.6 Å². The van der Waals surface area contributed by atoms with Crippen molar-refractivity contribution in [3.8, 4) is 0 Å². The normalized spacial score (nSPS) is 20.8. The SMILES string of the molecule is CN1CC[C@@](C)(CNC(=O)N(CCC(N)=O)Cc2ccccc2)C1. The summed E-state index contributed by atoms with van der Waals surface area (Å²) in [5.41, 5.74) is 6.38. The van der Waals surface area contributed by atoms with Gasteiger partial charge >= 0.3 is 6.03 Å². The third-order valence-electron chi connectivity index (χ3n) is 4.55. The molecular formula is C18H28N4O2. The maximum absolute atomic E-state index is 12.6. The van der Waals surface area contributed by atoms with Crippen molar-refractivity contribution in [2.45, 2.75) is 26.3 Å². The summed E-state index contributed by atoms with van der Waals surface area (Å²) >= 11 is 0. The Bertz CT molecular complexity index is 563. The van der Waals surface area contributed by atoms with Gasteiger partial charge in [-0.25, -0.2) is 4.79 Å². The zero-order valence-corrected chi connectivity index (χ0v) is 14.6. The van der Waals surface area contributed by atoms with E-state index in [9.17, 15) is 9.59 Å². The van der Waals surface area contributed by atoms with Gasteiger partial charge in [0.1, 0.15) is 0 Å². The van der Waals surface area contributed by atoms with Crippen LogP contribution in [-0.4, -0.2) is 55.0 Å². The fraction of sp³-hybridized carbons (Fsp3) is 0.556. The molecule has 132 valence electrons. The summed E-state index contributed by atoms with van der Waals surface area (Å²) in [6, 6.07) is 9.62. The summed E-state index contributed by atoms with van der Waals surface area (Å²) < 4.78 is 0. The Hall–Kier alpha value is -2.08. The van der Waals surface area contributed by atoms with Crippen molar-refractivity contribution in [1.82, 2.24) is 15.1 Å². The van der Waals surface area contributed by atoms with Gasteiger partial charge in [0, 0.05) is 32.6 Å². The molecule has 0 saturated carbocycles. The van der Waals surface area contributed by atoms with Gasteiger partial charge < -0.3 is 20.9 Å². The third-order valence-corrected chi connectivity index (χ3v) is 4.55. The van der Waals surface area contributed by atoms with E-state index in [1.165, 1.54) is 0 Å². The molecule has 1 aliphatic heterocycles. The first-order chi connectivity index (χ1) is 11.4. The summed E-state index contributed by atoms with van der Waals surface area (Å²) in [4.78, 5) is 27.6. The quantitative estimate of drug-likeness (QED) is 0.792. The van der Waals surface area contributed by atoms with Crippen molar-refractivity contribution in [3.05, 3.63) is 35.9 Å². The highest BCUT2D eigenvalue weighted by atomic mass is 16.2. The number of nitrogens with zero attached hydrogens (tertiary/aromatic N) is 2. The minimum absolute atomic E-state index is 0.104. The molecule has 1 saturated heterocycles. The second kappa shape index (κ2) is 8.15. The number of carbonyl (C=O) groups excluding carboxylic acids is 2. The van der Waals surface area contributed by atoms with E-state index >= 15 is 0 Å². The summed E-state index contributed by atoms with van der Waals surface area (Å²) in [7, 11) is 2.10. The van der Waals surface area contributed by atoms with Crippen LogP contribution in [0.5, 0.6) is 0 Å². The summed E-state index contributed by atoms with van der Waals surface area (Å²) in [6.07, 6.45) is 1.24. The lowest BCUT2D eigenvalue weighted by molar-refractivity contribution is -0.118. The molecule has 6 heteroatoms. The molecule has 1 heterocycles. The highest BCUT2D eigenvalue weighted by Gasteiger charge is 2.32. The molecule has 0 unspecified atom stereocenters. The van der Waals surface area contributed by atoms with Gasteiger partial charge in [0.25, 0.3) is 0 Å². The zero-order chi connectivity index (χ0) is 17.6. The van der Waals surface area contributed by atoms with E-state index in [2.05, 4.69) is 24.2 Å². The highest BCUT2D eigenvalue weighted by molar-refractivity contribution is 5.77. The summed E-state index contributed by atoms with van der Waals surface area (Å²) in [6.45, 7) is 5.66. The number of nitrogens with one attached hydrogen (secondary N) is 1. The molecule has 3 amide bonds. The maximum atomic E-state index is 12.6. The molecule has 0 aromatic heterocycles. The van der Waals surface area contributed by atoms with Crippen LogP contribution in [0.2, 0.25) is 0 Å². The van der Waals surface area contributed by atoms with Gasteiger partial charge in [0.05, 0.1) is 0 Å². The predicted molar refractivity (Wildman–Crippen MR) is 94.3 cm³/mol. The van der Waals surface area contributed by atoms with E-state index in [-0.39, 0.29) is 17.9 Å². The number of carbonyl (C=O) groups is 2. The second-order valence-electron chi connectivity index (χ2n) is 7.08. The highest BCUT2D eigenvalue weighted by Crippen LogP contribution is 2.27. The topological polar surface area (TPSA) is 78.7 Å². The standard InChI is InChI=1S/C18H28N4O2/c1-18(9-11-21(2)14-18)13-20-17(24)22(10-8-16(19)23)12-15-6-4-3-5-7-15/h3-7H,8-14H2,1-2H3,(H2,19,23)(H,20,24)/t18-/m0/s1. The lowest BCUT2D eigenvalue weighted by atomic mass is 9.90. The fourth-order valence-electron chi connectivity index (χ4n) is 3.12. The minimum Gasteiger partial charge on any atom is -0.370 e. The molecule has 1 aromatic rings. The van der Waals surface area contributed by atoms with Crippen LogP contribution in [0.1, 0.15) is 25.3 Å². The van der Waals surface area contributed by atoms with E-state index < -0.39 is 5.91 Å². The smallest absolute Gasteiger partial charge is 0.317 e. The molecule has 2 rings (SSSR count). The average Bonchev–Trinajstić information content (AvgIpc) is 2.89. The molecule has 3 N–H and O–H groups in total. The van der Waals surface area contributed by atoms with Gasteiger partial charge in [-0.2, -0.15) is 0 Å². The van der Waals surface area contributed by atoms with Gasteiger partial charge in [-0.15, -0.1) is 0 Å². The summed E-state index contributed by atoms with van der Waals surface area (Å²) in [5.74, 6) is -0.398. The number of hydrogen-bond donors (Lipinski definition) is 2. The number of hydrogen-bond acceptors (Lipinski definition) is 3. The van der Waals surface area contributed by atoms with Crippen LogP contribution in [0.3, 0.4) is 0 Å². The monoisotopic (exact) mass is 332 g/mol. The average molecular weight is 332 g/mol. The lowest BCUT2D eigenvalue weighted by Crippen LogP contribution is -2.45. The number of primary amides is 1. The first kappa shape index (κ1) is 18.3. The molecule has 1 aromatic carbocycles. The third kappa shape index (κ3) is 5.53. The van der Waals surface area contributed by atoms with Gasteiger partial charge in [0.15, 0.2) is 0 Å². The van der Waals surface area contributed by atoms with Crippen LogP contribution < -0.4 is 11.1 Å². The van der Waals surface area contributed by atoms with Crippen LogP contribution in [-0.2, 0) is 11.3 Å². The van der Waals surface area contributed by atoms with Crippen molar-refractivity contribution in [1.29, 1.82) is 0 Å². The van der Waals surface area contributed by atoms with Crippen LogP contribution in [0.25, 0.3) is 0 Å². The van der Waals surface area contributed by atoms with Crippen molar-refractivity contribution < 1.29 is 9.59 Å². The number of benzene rings is 1. The van der Waals surface area contributed by atoms with Crippen LogP contribution in [0.4, 0.5) is 4.79 Å². The Morgan fingerprint density at radius 1 is 1.33 bits per heavy atom. The first-order valence-corrected chi connectivity index (χ1v) is 8.41. The molecule has 1 atom stereocenters. The molecular weight excluding hydrogens is 304 g/mol. The molecule has 6 nitrogen and oxygen atoms in total. The van der Waals surface area contributed by atoms with E-state index in [1.807, 2.05) is 30.3 Å². The first-order valence-electron chi connectivity index (χ1n) is 8.41. The Balaban J connectivity index is 1.94. The summed E-state index contributed by atoms with van der Waals surface area (Å²) in [5, 5.41) is 3.04. The van der Waals surface area contributed by atoms with Gasteiger partial charge in [0.2, 0.25) is 5.91 Å². The number of urea groups is 1. The lowest BCUT2D eigenvalue weighted by Gasteiger charge is -2.28. The molecule has 1 fully saturated rings. The Kier molecular flexibility index (Phi) is 6.20. The largest absolute Gasteiger partial charge is 0.370 e. The van der Waals surface area contributed by atoms with Crippen molar-refractivity contribution in [3.63, 3.8) is 0 Å². The Labute approximate surface area is 144 Å². The van der Waals surface area contributed by atoms with Crippen LogP contribution >= 0.6 is 0 Å².